The van der Waals surface area contributed by atoms with Gasteiger partial charge in [0.05, 0.1) is 19.3 Å². The van der Waals surface area contributed by atoms with Gasteiger partial charge in [0.15, 0.2) is 5.79 Å². The molecule has 3 atom stereocenters. The Balaban J connectivity index is 1.64. The highest BCUT2D eigenvalue weighted by molar-refractivity contribution is 5.15. The van der Waals surface area contributed by atoms with Crippen LogP contribution in [0.15, 0.2) is 73.3 Å². The van der Waals surface area contributed by atoms with Gasteiger partial charge in [-0.25, -0.2) is 0 Å². The van der Waals surface area contributed by atoms with E-state index in [0.717, 1.165) is 11.1 Å². The first-order valence-electron chi connectivity index (χ1n) is 9.58. The quantitative estimate of drug-likeness (QED) is 0.520. The number of nitrogens with zero attached hydrogens (tertiary/aromatic N) is 1. The molecule has 0 bridgehead atoms. The first kappa shape index (κ1) is 20.7. The van der Waals surface area contributed by atoms with Crippen molar-refractivity contribution in [1.82, 2.24) is 5.06 Å². The molecule has 0 radical (unpaired) electrons. The summed E-state index contributed by atoms with van der Waals surface area (Å²) < 4.78 is 18.0. The van der Waals surface area contributed by atoms with Crippen molar-refractivity contribution in [2.45, 2.75) is 51.0 Å². The van der Waals surface area contributed by atoms with Crippen molar-refractivity contribution in [3.63, 3.8) is 0 Å². The summed E-state index contributed by atoms with van der Waals surface area (Å²) in [4.78, 5) is 0. The Kier molecular flexibility index (Phi) is 6.99. The second-order valence-electron chi connectivity index (χ2n) is 7.45. The van der Waals surface area contributed by atoms with Crippen LogP contribution in [0.1, 0.15) is 25.0 Å². The Hall–Kier alpha value is -2.02. The minimum absolute atomic E-state index is 0.313. The maximum Gasteiger partial charge on any atom is 0.163 e. The molecule has 1 saturated heterocycles. The third-order valence-electron chi connectivity index (χ3n) is 4.72. The predicted octanol–water partition coefficient (Wildman–Crippen LogP) is 4.17. The van der Waals surface area contributed by atoms with Gasteiger partial charge in [0.1, 0.15) is 12.2 Å². The lowest BCUT2D eigenvalue weighted by molar-refractivity contribution is -0.178. The van der Waals surface area contributed by atoms with Crippen molar-refractivity contribution in [3.05, 3.63) is 84.4 Å². The summed E-state index contributed by atoms with van der Waals surface area (Å²) in [5.74, 6) is -0.750. The first-order chi connectivity index (χ1) is 13.5. The predicted molar refractivity (Wildman–Crippen MR) is 108 cm³/mol. The summed E-state index contributed by atoms with van der Waals surface area (Å²) >= 11 is 0. The molecule has 2 aromatic rings. The number of benzene rings is 2. The van der Waals surface area contributed by atoms with E-state index in [1.54, 1.807) is 6.08 Å². The zero-order valence-electron chi connectivity index (χ0n) is 16.5. The summed E-state index contributed by atoms with van der Waals surface area (Å²) in [6, 6.07) is 19.4. The summed E-state index contributed by atoms with van der Waals surface area (Å²) in [7, 11) is 0. The third kappa shape index (κ3) is 5.50. The van der Waals surface area contributed by atoms with Gasteiger partial charge in [0.25, 0.3) is 0 Å². The second-order valence-corrected chi connectivity index (χ2v) is 7.45. The summed E-state index contributed by atoms with van der Waals surface area (Å²) in [6.07, 6.45) is 0.992. The van der Waals surface area contributed by atoms with E-state index in [-0.39, 0.29) is 6.10 Å². The van der Waals surface area contributed by atoms with E-state index in [0.29, 0.717) is 19.8 Å². The van der Waals surface area contributed by atoms with Gasteiger partial charge in [-0.15, -0.1) is 6.58 Å². The van der Waals surface area contributed by atoms with Gasteiger partial charge in [-0.05, 0) is 25.0 Å². The van der Waals surface area contributed by atoms with Crippen LogP contribution in [0.4, 0.5) is 0 Å². The molecule has 0 spiro atoms. The maximum atomic E-state index is 10.7. The highest BCUT2D eigenvalue weighted by Crippen LogP contribution is 2.32. The Bertz CT molecular complexity index is 735. The van der Waals surface area contributed by atoms with Gasteiger partial charge in [-0.2, -0.15) is 5.06 Å². The van der Waals surface area contributed by atoms with E-state index in [2.05, 4.69) is 6.58 Å². The van der Waals surface area contributed by atoms with Crippen molar-refractivity contribution in [2.75, 3.05) is 6.61 Å². The highest BCUT2D eigenvalue weighted by atomic mass is 16.8. The molecule has 150 valence electrons. The minimum Gasteiger partial charge on any atom is -0.374 e. The van der Waals surface area contributed by atoms with Crippen molar-refractivity contribution >= 4 is 0 Å². The molecule has 3 rings (SSSR count). The molecular formula is C23H29NO4. The second kappa shape index (κ2) is 9.45. The standard InChI is InChI=1S/C23H29NO4/c1-4-20(24(25)15-18-11-7-5-8-12-18)22-21(27-23(2,3)28-22)17-26-16-19-13-9-6-10-14-19/h4-14,20-22,25H,1,15-17H2,2-3H3/t20-,21?,22-/m0/s1. The number of hydrogen-bond acceptors (Lipinski definition) is 5. The van der Waals surface area contributed by atoms with Crippen LogP contribution in [-0.2, 0) is 27.4 Å². The molecule has 1 fully saturated rings. The average molecular weight is 383 g/mol. The van der Waals surface area contributed by atoms with Crippen LogP contribution >= 0.6 is 0 Å². The molecule has 1 heterocycles. The molecule has 1 aliphatic rings. The van der Waals surface area contributed by atoms with Crippen LogP contribution in [-0.4, -0.2) is 40.9 Å². The van der Waals surface area contributed by atoms with Crippen LogP contribution < -0.4 is 0 Å². The molecule has 0 amide bonds. The van der Waals surface area contributed by atoms with E-state index in [1.807, 2.05) is 74.5 Å². The van der Waals surface area contributed by atoms with Crippen LogP contribution in [0.2, 0.25) is 0 Å². The summed E-state index contributed by atoms with van der Waals surface area (Å²) in [5, 5.41) is 12.0. The van der Waals surface area contributed by atoms with Crippen LogP contribution in [0, 0.1) is 0 Å². The molecule has 1 N–H and O–H groups in total. The molecule has 1 unspecified atom stereocenters. The molecule has 0 aliphatic carbocycles. The van der Waals surface area contributed by atoms with E-state index < -0.39 is 17.9 Å². The molecule has 1 aliphatic heterocycles. The number of rotatable bonds is 9. The van der Waals surface area contributed by atoms with Crippen molar-refractivity contribution in [2.24, 2.45) is 0 Å². The summed E-state index contributed by atoms with van der Waals surface area (Å²) in [5.41, 5.74) is 2.11. The molecule has 0 aromatic heterocycles. The topological polar surface area (TPSA) is 51.2 Å². The minimum atomic E-state index is -0.750. The van der Waals surface area contributed by atoms with Crippen LogP contribution in [0.5, 0.6) is 0 Å². The van der Waals surface area contributed by atoms with Crippen molar-refractivity contribution in [1.29, 1.82) is 0 Å². The molecular weight excluding hydrogens is 354 g/mol. The van der Waals surface area contributed by atoms with Gasteiger partial charge in [0.2, 0.25) is 0 Å². The lowest BCUT2D eigenvalue weighted by atomic mass is 10.0. The molecule has 28 heavy (non-hydrogen) atoms. The monoisotopic (exact) mass is 383 g/mol. The van der Waals surface area contributed by atoms with Gasteiger partial charge in [-0.1, -0.05) is 66.7 Å². The Morgan fingerprint density at radius 1 is 1.07 bits per heavy atom. The largest absolute Gasteiger partial charge is 0.374 e. The lowest BCUT2D eigenvalue weighted by Gasteiger charge is -2.30. The zero-order chi connectivity index (χ0) is 20.0. The SMILES string of the molecule is C=C[C@@H]([C@@H]1OC(C)(C)OC1COCc1ccccc1)N(O)Cc1ccccc1. The van der Waals surface area contributed by atoms with E-state index >= 15 is 0 Å². The molecule has 0 saturated carbocycles. The van der Waals surface area contributed by atoms with Crippen molar-refractivity contribution in [3.8, 4) is 0 Å². The van der Waals surface area contributed by atoms with E-state index in [1.165, 1.54) is 5.06 Å². The molecule has 5 nitrogen and oxygen atoms in total. The Morgan fingerprint density at radius 3 is 2.29 bits per heavy atom. The number of ether oxygens (including phenoxy) is 3. The fourth-order valence-corrected chi connectivity index (χ4v) is 3.45. The molecule has 2 aromatic carbocycles. The lowest BCUT2D eigenvalue weighted by Crippen LogP contribution is -2.46. The van der Waals surface area contributed by atoms with Gasteiger partial charge in [-0.3, -0.25) is 0 Å². The Morgan fingerprint density at radius 2 is 1.68 bits per heavy atom. The number of hydroxylamine groups is 2. The third-order valence-corrected chi connectivity index (χ3v) is 4.72. The van der Waals surface area contributed by atoms with E-state index in [9.17, 15) is 5.21 Å². The fraction of sp³-hybridized carbons (Fsp3) is 0.391. The Labute approximate surface area is 167 Å². The van der Waals surface area contributed by atoms with Gasteiger partial charge in [0, 0.05) is 6.54 Å². The summed E-state index contributed by atoms with van der Waals surface area (Å²) in [6.45, 7) is 8.88. The first-order valence-corrected chi connectivity index (χ1v) is 9.58. The van der Waals surface area contributed by atoms with Gasteiger partial charge >= 0.3 is 0 Å². The number of hydrogen-bond donors (Lipinski definition) is 1. The van der Waals surface area contributed by atoms with Crippen LogP contribution in [0.3, 0.4) is 0 Å². The highest BCUT2D eigenvalue weighted by Gasteiger charge is 2.46. The fourth-order valence-electron chi connectivity index (χ4n) is 3.45. The van der Waals surface area contributed by atoms with Gasteiger partial charge < -0.3 is 19.4 Å². The normalized spacial score (nSPS) is 22.3. The average Bonchev–Trinajstić information content (AvgIpc) is 2.98. The van der Waals surface area contributed by atoms with Crippen molar-refractivity contribution < 1.29 is 19.4 Å². The smallest absolute Gasteiger partial charge is 0.163 e. The maximum absolute atomic E-state index is 10.7. The van der Waals surface area contributed by atoms with E-state index in [4.69, 9.17) is 14.2 Å². The zero-order valence-corrected chi connectivity index (χ0v) is 16.5. The van der Waals surface area contributed by atoms with Crippen LogP contribution in [0.25, 0.3) is 0 Å². The molecule has 5 heteroatoms.